The highest BCUT2D eigenvalue weighted by Crippen LogP contribution is 2.22. The van der Waals surface area contributed by atoms with Gasteiger partial charge in [-0.15, -0.1) is 11.8 Å². The van der Waals surface area contributed by atoms with E-state index in [0.29, 0.717) is 5.75 Å². The van der Waals surface area contributed by atoms with Gasteiger partial charge in [0.05, 0.1) is 11.4 Å². The first-order valence-corrected chi connectivity index (χ1v) is 11.1. The topological polar surface area (TPSA) is 52.6 Å². The Bertz CT molecular complexity index is 718. The Morgan fingerprint density at radius 3 is 2.36 bits per heavy atom. The lowest BCUT2D eigenvalue weighted by molar-refractivity contribution is -0.121. The second-order valence-electron chi connectivity index (χ2n) is 7.45. The number of thioether (sulfide) groups is 1. The molecule has 1 aliphatic rings. The molecule has 1 aliphatic heterocycles. The van der Waals surface area contributed by atoms with E-state index in [1.807, 2.05) is 43.3 Å². The molecule has 1 fully saturated rings. The minimum Gasteiger partial charge on any atom is -0.388 e. The number of rotatable bonds is 8. The van der Waals surface area contributed by atoms with Crippen molar-refractivity contribution in [1.82, 2.24) is 10.2 Å². The zero-order valence-electron chi connectivity index (χ0n) is 16.5. The summed E-state index contributed by atoms with van der Waals surface area (Å²) < 4.78 is 0. The van der Waals surface area contributed by atoms with E-state index in [1.165, 1.54) is 17.3 Å². The molecule has 2 aromatic rings. The predicted octanol–water partition coefficient (Wildman–Crippen LogP) is 3.62. The van der Waals surface area contributed by atoms with Crippen molar-refractivity contribution < 1.29 is 9.90 Å². The highest BCUT2D eigenvalue weighted by molar-refractivity contribution is 8.00. The number of hydrogen-bond acceptors (Lipinski definition) is 4. The van der Waals surface area contributed by atoms with Crippen LogP contribution in [0.4, 0.5) is 0 Å². The standard InChI is InChI=1S/C23H30N2O2S/c1-18(28-17-22(26)20-10-6-3-7-11-20)23(27)24-21-12-14-25(15-13-21)16-19-8-4-2-5-9-19/h2-11,18,21-22,26H,12-17H2,1H3,(H,24,27). The molecular weight excluding hydrogens is 368 g/mol. The number of carbonyl (C=O) groups is 1. The summed E-state index contributed by atoms with van der Waals surface area (Å²) in [6.07, 6.45) is 1.44. The summed E-state index contributed by atoms with van der Waals surface area (Å²) in [4.78, 5) is 15.0. The molecule has 5 heteroatoms. The molecule has 2 unspecified atom stereocenters. The molecule has 1 amide bonds. The summed E-state index contributed by atoms with van der Waals surface area (Å²) in [5.41, 5.74) is 2.24. The van der Waals surface area contributed by atoms with E-state index in [-0.39, 0.29) is 17.2 Å². The molecule has 3 rings (SSSR count). The first-order chi connectivity index (χ1) is 13.6. The molecule has 2 atom stereocenters. The van der Waals surface area contributed by atoms with Gasteiger partial charge in [-0.25, -0.2) is 0 Å². The number of aliphatic hydroxyl groups is 1. The average molecular weight is 399 g/mol. The summed E-state index contributed by atoms with van der Waals surface area (Å²) in [5, 5.41) is 13.3. The molecule has 150 valence electrons. The van der Waals surface area contributed by atoms with Crippen LogP contribution in [0.5, 0.6) is 0 Å². The van der Waals surface area contributed by atoms with Gasteiger partial charge in [0.1, 0.15) is 0 Å². The lowest BCUT2D eigenvalue weighted by Gasteiger charge is -2.32. The Balaban J connectivity index is 1.36. The predicted molar refractivity (Wildman–Crippen MR) is 116 cm³/mol. The van der Waals surface area contributed by atoms with E-state index >= 15 is 0 Å². The summed E-state index contributed by atoms with van der Waals surface area (Å²) >= 11 is 1.51. The van der Waals surface area contributed by atoms with Crippen LogP contribution in [-0.4, -0.2) is 46.0 Å². The van der Waals surface area contributed by atoms with Gasteiger partial charge in [-0.1, -0.05) is 60.7 Å². The second-order valence-corrected chi connectivity index (χ2v) is 8.82. The molecule has 28 heavy (non-hydrogen) atoms. The van der Waals surface area contributed by atoms with Gasteiger partial charge in [-0.2, -0.15) is 0 Å². The van der Waals surface area contributed by atoms with Crippen LogP contribution in [0, 0.1) is 0 Å². The van der Waals surface area contributed by atoms with Crippen LogP contribution in [0.2, 0.25) is 0 Å². The number of hydrogen-bond donors (Lipinski definition) is 2. The SMILES string of the molecule is CC(SCC(O)c1ccccc1)C(=O)NC1CCN(Cc2ccccc2)CC1. The molecule has 4 nitrogen and oxygen atoms in total. The Kier molecular flexibility index (Phi) is 7.95. The van der Waals surface area contributed by atoms with Crippen LogP contribution < -0.4 is 5.32 Å². The van der Waals surface area contributed by atoms with Crippen molar-refractivity contribution >= 4 is 17.7 Å². The lowest BCUT2D eigenvalue weighted by atomic mass is 10.0. The van der Waals surface area contributed by atoms with E-state index in [2.05, 4.69) is 34.5 Å². The fourth-order valence-corrected chi connectivity index (χ4v) is 4.36. The third kappa shape index (κ3) is 6.36. The van der Waals surface area contributed by atoms with Crippen LogP contribution >= 0.6 is 11.8 Å². The first-order valence-electron chi connectivity index (χ1n) is 10.0. The number of amides is 1. The van der Waals surface area contributed by atoms with Crippen molar-refractivity contribution in [3.05, 3.63) is 71.8 Å². The van der Waals surface area contributed by atoms with Gasteiger partial charge in [-0.05, 0) is 30.9 Å². The maximum Gasteiger partial charge on any atom is 0.233 e. The first kappa shape index (κ1) is 20.9. The van der Waals surface area contributed by atoms with E-state index in [0.717, 1.165) is 38.0 Å². The highest BCUT2D eigenvalue weighted by atomic mass is 32.2. The molecule has 1 heterocycles. The van der Waals surface area contributed by atoms with Crippen molar-refractivity contribution in [3.63, 3.8) is 0 Å². The zero-order chi connectivity index (χ0) is 19.8. The highest BCUT2D eigenvalue weighted by Gasteiger charge is 2.23. The summed E-state index contributed by atoms with van der Waals surface area (Å²) in [6.45, 7) is 4.91. The van der Waals surface area contributed by atoms with Crippen molar-refractivity contribution in [3.8, 4) is 0 Å². The Morgan fingerprint density at radius 1 is 1.11 bits per heavy atom. The molecular formula is C23H30N2O2S. The zero-order valence-corrected chi connectivity index (χ0v) is 17.3. The normalized spacial score (nSPS) is 17.8. The number of benzene rings is 2. The molecule has 0 spiro atoms. The number of nitrogens with one attached hydrogen (secondary N) is 1. The minimum absolute atomic E-state index is 0.0757. The van der Waals surface area contributed by atoms with Crippen molar-refractivity contribution in [2.45, 2.75) is 43.7 Å². The molecule has 0 saturated carbocycles. The largest absolute Gasteiger partial charge is 0.388 e. The van der Waals surface area contributed by atoms with E-state index in [1.54, 1.807) is 0 Å². The van der Waals surface area contributed by atoms with Crippen LogP contribution in [0.3, 0.4) is 0 Å². The molecule has 0 aromatic heterocycles. The second kappa shape index (κ2) is 10.6. The smallest absolute Gasteiger partial charge is 0.233 e. The number of piperidine rings is 1. The molecule has 0 radical (unpaired) electrons. The minimum atomic E-state index is -0.539. The van der Waals surface area contributed by atoms with Gasteiger partial charge in [0.2, 0.25) is 5.91 Å². The van der Waals surface area contributed by atoms with E-state index < -0.39 is 6.10 Å². The van der Waals surface area contributed by atoms with Crippen LogP contribution in [0.25, 0.3) is 0 Å². The lowest BCUT2D eigenvalue weighted by Crippen LogP contribution is -2.46. The van der Waals surface area contributed by atoms with Crippen molar-refractivity contribution in [2.75, 3.05) is 18.8 Å². The van der Waals surface area contributed by atoms with Crippen molar-refractivity contribution in [1.29, 1.82) is 0 Å². The van der Waals surface area contributed by atoms with E-state index in [9.17, 15) is 9.90 Å². The Labute approximate surface area is 172 Å². The molecule has 0 bridgehead atoms. The summed E-state index contributed by atoms with van der Waals surface area (Å²) in [7, 11) is 0. The van der Waals surface area contributed by atoms with Gasteiger partial charge in [0.25, 0.3) is 0 Å². The average Bonchev–Trinajstić information content (AvgIpc) is 2.74. The van der Waals surface area contributed by atoms with E-state index in [4.69, 9.17) is 0 Å². The fourth-order valence-electron chi connectivity index (χ4n) is 3.48. The van der Waals surface area contributed by atoms with Crippen molar-refractivity contribution in [2.24, 2.45) is 0 Å². The van der Waals surface area contributed by atoms with Gasteiger partial charge in [0.15, 0.2) is 0 Å². The third-order valence-electron chi connectivity index (χ3n) is 5.24. The maximum atomic E-state index is 12.5. The molecule has 1 saturated heterocycles. The van der Waals surface area contributed by atoms with Gasteiger partial charge >= 0.3 is 0 Å². The summed E-state index contributed by atoms with van der Waals surface area (Å²) in [5.74, 6) is 0.598. The number of aliphatic hydroxyl groups excluding tert-OH is 1. The number of likely N-dealkylation sites (tertiary alicyclic amines) is 1. The Hall–Kier alpha value is -1.82. The van der Waals surface area contributed by atoms with Gasteiger partial charge < -0.3 is 10.4 Å². The van der Waals surface area contributed by atoms with Crippen LogP contribution in [0.15, 0.2) is 60.7 Å². The monoisotopic (exact) mass is 398 g/mol. The third-order valence-corrected chi connectivity index (χ3v) is 6.46. The van der Waals surface area contributed by atoms with Gasteiger partial charge in [-0.3, -0.25) is 9.69 Å². The quantitative estimate of drug-likeness (QED) is 0.713. The number of nitrogens with zero attached hydrogens (tertiary/aromatic N) is 1. The maximum absolute atomic E-state index is 12.5. The Morgan fingerprint density at radius 2 is 1.71 bits per heavy atom. The van der Waals surface area contributed by atoms with Crippen LogP contribution in [-0.2, 0) is 11.3 Å². The number of carbonyl (C=O) groups excluding carboxylic acids is 1. The molecule has 2 N–H and O–H groups in total. The van der Waals surface area contributed by atoms with Crippen LogP contribution in [0.1, 0.15) is 37.0 Å². The molecule has 0 aliphatic carbocycles. The summed E-state index contributed by atoms with van der Waals surface area (Å²) in [6, 6.07) is 20.4. The fraction of sp³-hybridized carbons (Fsp3) is 0.435. The van der Waals surface area contributed by atoms with Gasteiger partial charge in [0, 0.05) is 31.4 Å². The molecule has 2 aromatic carbocycles.